The van der Waals surface area contributed by atoms with E-state index in [2.05, 4.69) is 16.6 Å². The molecule has 0 bridgehead atoms. The highest BCUT2D eigenvalue weighted by molar-refractivity contribution is 7.97. The van der Waals surface area contributed by atoms with Crippen LogP contribution in [0, 0.1) is 5.82 Å². The topological polar surface area (TPSA) is 44.9 Å². The second kappa shape index (κ2) is 5.76. The van der Waals surface area contributed by atoms with Crippen molar-refractivity contribution in [1.82, 2.24) is 9.71 Å². The Kier molecular flexibility index (Phi) is 3.70. The van der Waals surface area contributed by atoms with E-state index in [-0.39, 0.29) is 17.1 Å². The number of rotatable bonds is 5. The summed E-state index contributed by atoms with van der Waals surface area (Å²) in [7, 11) is 0. The summed E-state index contributed by atoms with van der Waals surface area (Å²) < 4.78 is 16.5. The maximum atomic E-state index is 13.0. The zero-order chi connectivity index (χ0) is 16.7. The van der Waals surface area contributed by atoms with Gasteiger partial charge in [0.15, 0.2) is 5.78 Å². The highest BCUT2D eigenvalue weighted by atomic mass is 32.2. The summed E-state index contributed by atoms with van der Waals surface area (Å²) in [6.45, 7) is 2.21. The third-order valence-corrected chi connectivity index (χ3v) is 5.50. The highest BCUT2D eigenvalue weighted by Gasteiger charge is 2.37. The molecule has 2 N–H and O–H groups in total. The summed E-state index contributed by atoms with van der Waals surface area (Å²) in [4.78, 5) is 16.9. The molecule has 0 saturated heterocycles. The number of nitrogens with one attached hydrogen (secondary N) is 2. The number of hydrogen-bond acceptors (Lipinski definition) is 3. The molecule has 1 heterocycles. The van der Waals surface area contributed by atoms with Crippen molar-refractivity contribution in [2.45, 2.75) is 30.2 Å². The quantitative estimate of drug-likeness (QED) is 0.523. The largest absolute Gasteiger partial charge is 0.360 e. The minimum absolute atomic E-state index is 0.106. The Morgan fingerprint density at radius 2 is 1.96 bits per heavy atom. The number of H-pyrrole nitrogens is 1. The van der Waals surface area contributed by atoms with Crippen LogP contribution in [0.3, 0.4) is 0 Å². The molecular formula is C19H17FN2OS. The summed E-state index contributed by atoms with van der Waals surface area (Å²) in [5, 5.41) is 0.881. The van der Waals surface area contributed by atoms with Crippen molar-refractivity contribution in [2.24, 2.45) is 0 Å². The van der Waals surface area contributed by atoms with Crippen molar-refractivity contribution >= 4 is 28.6 Å². The molecule has 5 heteroatoms. The van der Waals surface area contributed by atoms with Crippen LogP contribution in [0.2, 0.25) is 0 Å². The fourth-order valence-electron chi connectivity index (χ4n) is 2.59. The molecule has 0 unspecified atom stereocenters. The molecule has 1 aliphatic rings. The first-order chi connectivity index (χ1) is 11.5. The highest BCUT2D eigenvalue weighted by Crippen LogP contribution is 2.38. The Morgan fingerprint density at radius 1 is 1.21 bits per heavy atom. The second-order valence-corrected chi connectivity index (χ2v) is 7.39. The smallest absolute Gasteiger partial charge is 0.195 e. The number of carbonyl (C=O) groups excluding carboxylic acids is 1. The lowest BCUT2D eigenvalue weighted by atomic mass is 10.0. The second-order valence-electron chi connectivity index (χ2n) is 6.51. The number of ketones is 1. The third-order valence-electron chi connectivity index (χ3n) is 4.42. The molecule has 24 heavy (non-hydrogen) atoms. The predicted octanol–water partition coefficient (Wildman–Crippen LogP) is 4.69. The number of benzene rings is 2. The third kappa shape index (κ3) is 2.97. The van der Waals surface area contributed by atoms with Crippen molar-refractivity contribution in [2.75, 3.05) is 0 Å². The maximum absolute atomic E-state index is 13.0. The van der Waals surface area contributed by atoms with E-state index in [4.69, 9.17) is 0 Å². The first-order valence-electron chi connectivity index (χ1n) is 7.90. The van der Waals surface area contributed by atoms with Gasteiger partial charge in [-0.2, -0.15) is 0 Å². The van der Waals surface area contributed by atoms with E-state index in [1.165, 1.54) is 37.1 Å². The summed E-state index contributed by atoms with van der Waals surface area (Å²) in [6.07, 6.45) is 4.14. The molecule has 0 spiro atoms. The standard InChI is InChI=1S/C19H17FN2OS/c1-19(8-9-19)22-24-14-6-7-15-16(11-21-17(15)10-14)18(23)12-2-4-13(20)5-3-12/h2-7,10-11,21-22H,8-9H2,1H3. The average Bonchev–Trinajstić information content (AvgIpc) is 3.18. The van der Waals surface area contributed by atoms with Gasteiger partial charge in [0.25, 0.3) is 0 Å². The molecule has 122 valence electrons. The molecule has 0 radical (unpaired) electrons. The maximum Gasteiger partial charge on any atom is 0.195 e. The van der Waals surface area contributed by atoms with Crippen LogP contribution in [0.5, 0.6) is 0 Å². The van der Waals surface area contributed by atoms with Gasteiger partial charge in [0.1, 0.15) is 5.82 Å². The molecule has 3 nitrogen and oxygen atoms in total. The van der Waals surface area contributed by atoms with Gasteiger partial charge < -0.3 is 4.98 Å². The van der Waals surface area contributed by atoms with Crippen LogP contribution in [0.4, 0.5) is 4.39 Å². The van der Waals surface area contributed by atoms with Crippen molar-refractivity contribution in [1.29, 1.82) is 0 Å². The molecule has 2 aromatic carbocycles. The predicted molar refractivity (Wildman–Crippen MR) is 94.8 cm³/mol. The van der Waals surface area contributed by atoms with Crippen LogP contribution in [-0.4, -0.2) is 16.3 Å². The van der Waals surface area contributed by atoms with Crippen LogP contribution in [0.25, 0.3) is 10.9 Å². The Labute approximate surface area is 143 Å². The number of carbonyl (C=O) groups is 1. The van der Waals surface area contributed by atoms with E-state index in [9.17, 15) is 9.18 Å². The van der Waals surface area contributed by atoms with Gasteiger partial charge in [0, 0.05) is 38.7 Å². The minimum Gasteiger partial charge on any atom is -0.360 e. The first kappa shape index (κ1) is 15.4. The summed E-state index contributed by atoms with van der Waals surface area (Å²) in [6, 6.07) is 11.7. The van der Waals surface area contributed by atoms with Crippen LogP contribution in [0.1, 0.15) is 35.7 Å². The zero-order valence-corrected chi connectivity index (χ0v) is 14.0. The monoisotopic (exact) mass is 340 g/mol. The lowest BCUT2D eigenvalue weighted by Crippen LogP contribution is -2.19. The molecule has 1 saturated carbocycles. The van der Waals surface area contributed by atoms with Crippen molar-refractivity contribution < 1.29 is 9.18 Å². The molecule has 0 atom stereocenters. The van der Waals surface area contributed by atoms with E-state index in [1.54, 1.807) is 18.1 Å². The van der Waals surface area contributed by atoms with Gasteiger partial charge in [0.2, 0.25) is 0 Å². The van der Waals surface area contributed by atoms with Crippen molar-refractivity contribution in [3.63, 3.8) is 0 Å². The zero-order valence-electron chi connectivity index (χ0n) is 13.2. The fraction of sp³-hybridized carbons (Fsp3) is 0.211. The van der Waals surface area contributed by atoms with E-state index in [0.717, 1.165) is 15.8 Å². The van der Waals surface area contributed by atoms with E-state index < -0.39 is 0 Å². The van der Waals surface area contributed by atoms with Crippen molar-refractivity contribution in [3.05, 3.63) is 65.6 Å². The van der Waals surface area contributed by atoms with E-state index >= 15 is 0 Å². The Morgan fingerprint density at radius 3 is 2.67 bits per heavy atom. The van der Waals surface area contributed by atoms with Gasteiger partial charge >= 0.3 is 0 Å². The van der Waals surface area contributed by atoms with Crippen LogP contribution >= 0.6 is 11.9 Å². The van der Waals surface area contributed by atoms with Gasteiger partial charge in [-0.05, 0) is 68.1 Å². The SMILES string of the molecule is CC1(NSc2ccc3c(C(=O)c4ccc(F)cc4)c[nH]c3c2)CC1. The van der Waals surface area contributed by atoms with E-state index in [1.807, 2.05) is 18.2 Å². The van der Waals surface area contributed by atoms with Gasteiger partial charge in [-0.3, -0.25) is 9.52 Å². The molecule has 0 aliphatic heterocycles. The Hall–Kier alpha value is -2.11. The summed E-state index contributed by atoms with van der Waals surface area (Å²) >= 11 is 1.62. The number of halogens is 1. The molecule has 3 aromatic rings. The van der Waals surface area contributed by atoms with Gasteiger partial charge in [-0.25, -0.2) is 4.39 Å². The molecule has 1 aliphatic carbocycles. The number of fused-ring (bicyclic) bond motifs is 1. The lowest BCUT2D eigenvalue weighted by Gasteiger charge is -2.10. The number of aromatic amines is 1. The normalized spacial score (nSPS) is 15.6. The van der Waals surface area contributed by atoms with Gasteiger partial charge in [0.05, 0.1) is 0 Å². The molecular weight excluding hydrogens is 323 g/mol. The molecule has 4 rings (SSSR count). The lowest BCUT2D eigenvalue weighted by molar-refractivity contribution is 0.104. The Balaban J connectivity index is 1.60. The summed E-state index contributed by atoms with van der Waals surface area (Å²) in [5.41, 5.74) is 2.28. The summed E-state index contributed by atoms with van der Waals surface area (Å²) in [5.74, 6) is -0.450. The van der Waals surface area contributed by atoms with Crippen LogP contribution in [-0.2, 0) is 0 Å². The van der Waals surface area contributed by atoms with Gasteiger partial charge in [-0.15, -0.1) is 0 Å². The van der Waals surface area contributed by atoms with Crippen LogP contribution < -0.4 is 4.72 Å². The average molecular weight is 340 g/mol. The van der Waals surface area contributed by atoms with Crippen molar-refractivity contribution in [3.8, 4) is 0 Å². The minimum atomic E-state index is -0.344. The van der Waals surface area contributed by atoms with E-state index in [0.29, 0.717) is 11.1 Å². The fourth-order valence-corrected chi connectivity index (χ4v) is 3.47. The number of aromatic nitrogens is 1. The molecule has 1 fully saturated rings. The Bertz CT molecular complexity index is 913. The van der Waals surface area contributed by atoms with Gasteiger partial charge in [-0.1, -0.05) is 6.07 Å². The molecule has 1 aromatic heterocycles. The van der Waals surface area contributed by atoms with Crippen LogP contribution in [0.15, 0.2) is 53.6 Å². The molecule has 0 amide bonds. The number of hydrogen-bond donors (Lipinski definition) is 2. The first-order valence-corrected chi connectivity index (χ1v) is 8.71.